The van der Waals surface area contributed by atoms with Gasteiger partial charge in [0, 0.05) is 15.3 Å². The molecule has 0 unspecified atom stereocenters. The second kappa shape index (κ2) is 4.98. The molecule has 0 amide bonds. The van der Waals surface area contributed by atoms with Gasteiger partial charge in [-0.15, -0.1) is 0 Å². The third-order valence-electron chi connectivity index (χ3n) is 2.55. The number of piperidine rings is 1. The van der Waals surface area contributed by atoms with Crippen molar-refractivity contribution in [3.05, 3.63) is 27.8 Å². The van der Waals surface area contributed by atoms with E-state index in [4.69, 9.17) is 0 Å². The summed E-state index contributed by atoms with van der Waals surface area (Å²) in [5, 5.41) is 6.93. The van der Waals surface area contributed by atoms with Crippen LogP contribution in [0.25, 0.3) is 0 Å². The average molecular weight is 302 g/mol. The molecule has 1 aliphatic rings. The number of halogens is 1. The van der Waals surface area contributed by atoms with Gasteiger partial charge in [-0.3, -0.25) is 0 Å². The molecule has 0 spiro atoms. The van der Waals surface area contributed by atoms with E-state index < -0.39 is 0 Å². The quantitative estimate of drug-likeness (QED) is 0.820. The predicted molar refractivity (Wildman–Crippen MR) is 68.7 cm³/mol. The molecular weight excluding hydrogens is 287 g/mol. The van der Waals surface area contributed by atoms with Crippen LogP contribution >= 0.6 is 22.6 Å². The molecule has 1 saturated heterocycles. The van der Waals surface area contributed by atoms with E-state index in [0.29, 0.717) is 6.04 Å². The van der Waals surface area contributed by atoms with E-state index in [1.54, 1.807) is 0 Å². The van der Waals surface area contributed by atoms with E-state index in [0.717, 1.165) is 13.1 Å². The normalized spacial score (nSPS) is 18.1. The molecule has 1 aromatic rings. The van der Waals surface area contributed by atoms with Crippen LogP contribution in [0.3, 0.4) is 0 Å². The van der Waals surface area contributed by atoms with Crippen LogP contribution in [-0.4, -0.2) is 19.1 Å². The molecule has 0 radical (unpaired) electrons. The zero-order valence-electron chi connectivity index (χ0n) is 8.09. The summed E-state index contributed by atoms with van der Waals surface area (Å²) >= 11 is 2.33. The summed E-state index contributed by atoms with van der Waals surface area (Å²) in [6.45, 7) is 2.28. The highest BCUT2D eigenvalue weighted by Crippen LogP contribution is 2.15. The molecule has 0 aromatic heterocycles. The van der Waals surface area contributed by atoms with Crippen LogP contribution in [0.2, 0.25) is 0 Å². The Hall–Kier alpha value is -0.290. The van der Waals surface area contributed by atoms with E-state index in [2.05, 4.69) is 57.5 Å². The first-order valence-electron chi connectivity index (χ1n) is 5.07. The summed E-state index contributed by atoms with van der Waals surface area (Å²) in [5.41, 5.74) is 1.25. The number of hydrogen-bond acceptors (Lipinski definition) is 2. The van der Waals surface area contributed by atoms with Crippen molar-refractivity contribution in [2.75, 3.05) is 18.4 Å². The maximum atomic E-state index is 3.56. The van der Waals surface area contributed by atoms with Gasteiger partial charge in [0.2, 0.25) is 0 Å². The monoisotopic (exact) mass is 302 g/mol. The molecule has 2 rings (SSSR count). The van der Waals surface area contributed by atoms with Crippen LogP contribution in [-0.2, 0) is 0 Å². The van der Waals surface area contributed by atoms with Gasteiger partial charge in [-0.2, -0.15) is 0 Å². The third-order valence-corrected chi connectivity index (χ3v) is 3.27. The van der Waals surface area contributed by atoms with Crippen LogP contribution in [0, 0.1) is 3.57 Å². The Morgan fingerprint density at radius 2 is 1.79 bits per heavy atom. The molecule has 0 bridgehead atoms. The van der Waals surface area contributed by atoms with Gasteiger partial charge in [0.25, 0.3) is 0 Å². The maximum absolute atomic E-state index is 3.56. The second-order valence-corrected chi connectivity index (χ2v) is 4.92. The third kappa shape index (κ3) is 2.85. The summed E-state index contributed by atoms with van der Waals surface area (Å²) in [6, 6.07) is 9.25. The van der Waals surface area contributed by atoms with Gasteiger partial charge in [-0.05, 0) is 72.8 Å². The van der Waals surface area contributed by atoms with Crippen molar-refractivity contribution in [2.24, 2.45) is 0 Å². The fourth-order valence-corrected chi connectivity index (χ4v) is 2.11. The zero-order valence-corrected chi connectivity index (χ0v) is 10.3. The molecule has 1 aromatic carbocycles. The predicted octanol–water partition coefficient (Wildman–Crippen LogP) is 2.46. The van der Waals surface area contributed by atoms with Crippen LogP contribution in [0.15, 0.2) is 24.3 Å². The lowest BCUT2D eigenvalue weighted by Crippen LogP contribution is -2.35. The van der Waals surface area contributed by atoms with Crippen molar-refractivity contribution in [3.63, 3.8) is 0 Å². The van der Waals surface area contributed by atoms with Gasteiger partial charge in [0.1, 0.15) is 0 Å². The molecule has 3 heteroatoms. The van der Waals surface area contributed by atoms with Crippen molar-refractivity contribution < 1.29 is 0 Å². The molecular formula is C11H15IN2. The average Bonchev–Trinajstić information content (AvgIpc) is 2.23. The van der Waals surface area contributed by atoms with Crippen molar-refractivity contribution >= 4 is 28.3 Å². The number of nitrogens with one attached hydrogen (secondary N) is 2. The molecule has 2 nitrogen and oxygen atoms in total. The number of hydrogen-bond donors (Lipinski definition) is 2. The summed E-state index contributed by atoms with van der Waals surface area (Å²) in [7, 11) is 0. The fraction of sp³-hybridized carbons (Fsp3) is 0.455. The molecule has 0 aliphatic carbocycles. The second-order valence-electron chi connectivity index (χ2n) is 3.68. The van der Waals surface area contributed by atoms with Gasteiger partial charge < -0.3 is 10.6 Å². The van der Waals surface area contributed by atoms with Crippen molar-refractivity contribution in [1.29, 1.82) is 0 Å². The van der Waals surface area contributed by atoms with E-state index in [1.807, 2.05) is 0 Å². The lowest BCUT2D eigenvalue weighted by Gasteiger charge is -2.24. The first-order valence-corrected chi connectivity index (χ1v) is 6.15. The summed E-state index contributed by atoms with van der Waals surface area (Å²) in [4.78, 5) is 0. The molecule has 2 N–H and O–H groups in total. The van der Waals surface area contributed by atoms with Crippen molar-refractivity contribution in [1.82, 2.24) is 5.32 Å². The molecule has 14 heavy (non-hydrogen) atoms. The van der Waals surface area contributed by atoms with Gasteiger partial charge in [0.15, 0.2) is 0 Å². The minimum Gasteiger partial charge on any atom is -0.382 e. The van der Waals surface area contributed by atoms with Crippen molar-refractivity contribution in [3.8, 4) is 0 Å². The number of benzene rings is 1. The highest BCUT2D eigenvalue weighted by Gasteiger charge is 2.11. The molecule has 1 fully saturated rings. The van der Waals surface area contributed by atoms with Gasteiger partial charge in [-0.25, -0.2) is 0 Å². The lowest BCUT2D eigenvalue weighted by molar-refractivity contribution is 0.479. The first kappa shape index (κ1) is 10.2. The highest BCUT2D eigenvalue weighted by atomic mass is 127. The Morgan fingerprint density at radius 3 is 2.43 bits per heavy atom. The SMILES string of the molecule is Ic1ccc(NC2CCNCC2)cc1. The summed E-state index contributed by atoms with van der Waals surface area (Å²) in [6.07, 6.45) is 2.46. The maximum Gasteiger partial charge on any atom is 0.0343 e. The molecule has 1 aliphatic heterocycles. The Balaban J connectivity index is 1.92. The van der Waals surface area contributed by atoms with Crippen molar-refractivity contribution in [2.45, 2.75) is 18.9 Å². The molecule has 1 heterocycles. The Morgan fingerprint density at radius 1 is 1.14 bits per heavy atom. The standard InChI is InChI=1S/C11H15IN2/c12-9-1-3-10(4-2-9)14-11-5-7-13-8-6-11/h1-4,11,13-14H,5-8H2. The van der Waals surface area contributed by atoms with E-state index >= 15 is 0 Å². The Kier molecular flexibility index (Phi) is 3.64. The highest BCUT2D eigenvalue weighted by molar-refractivity contribution is 14.1. The van der Waals surface area contributed by atoms with E-state index in [9.17, 15) is 0 Å². The van der Waals surface area contributed by atoms with Crippen LogP contribution in [0.4, 0.5) is 5.69 Å². The van der Waals surface area contributed by atoms with E-state index in [-0.39, 0.29) is 0 Å². The van der Waals surface area contributed by atoms with Gasteiger partial charge in [-0.1, -0.05) is 0 Å². The topological polar surface area (TPSA) is 24.1 Å². The summed E-state index contributed by atoms with van der Waals surface area (Å²) < 4.78 is 1.29. The van der Waals surface area contributed by atoms with Gasteiger partial charge >= 0.3 is 0 Å². The largest absolute Gasteiger partial charge is 0.382 e. The smallest absolute Gasteiger partial charge is 0.0343 e. The summed E-state index contributed by atoms with van der Waals surface area (Å²) in [5.74, 6) is 0. The Labute approximate surface area is 98.6 Å². The van der Waals surface area contributed by atoms with Crippen LogP contribution in [0.5, 0.6) is 0 Å². The molecule has 76 valence electrons. The van der Waals surface area contributed by atoms with Gasteiger partial charge in [0.05, 0.1) is 0 Å². The number of rotatable bonds is 2. The molecule has 0 atom stereocenters. The zero-order chi connectivity index (χ0) is 9.80. The van der Waals surface area contributed by atoms with E-state index in [1.165, 1.54) is 22.1 Å². The fourth-order valence-electron chi connectivity index (χ4n) is 1.75. The first-order chi connectivity index (χ1) is 6.84. The Bertz CT molecular complexity index is 278. The number of anilines is 1. The van der Waals surface area contributed by atoms with Crippen LogP contribution in [0.1, 0.15) is 12.8 Å². The molecule has 0 saturated carbocycles. The minimum absolute atomic E-state index is 0.649. The lowest BCUT2D eigenvalue weighted by atomic mass is 10.1. The minimum atomic E-state index is 0.649. The van der Waals surface area contributed by atoms with Crippen LogP contribution < -0.4 is 10.6 Å².